The van der Waals surface area contributed by atoms with Crippen molar-refractivity contribution >= 4 is 32.5 Å². The number of aryl methyl sites for hydroxylation is 2. The fraction of sp³-hybridized carbons (Fsp3) is 0.348. The summed E-state index contributed by atoms with van der Waals surface area (Å²) in [7, 11) is -3.93. The van der Waals surface area contributed by atoms with E-state index in [0.717, 1.165) is 34.9 Å². The van der Waals surface area contributed by atoms with Crippen molar-refractivity contribution in [3.63, 3.8) is 0 Å². The van der Waals surface area contributed by atoms with Gasteiger partial charge in [-0.25, -0.2) is 8.42 Å². The molecule has 2 heterocycles. The first-order valence-electron chi connectivity index (χ1n) is 10.2. The number of H-pyrrole nitrogens is 1. The molecule has 0 radical (unpaired) electrons. The highest BCUT2D eigenvalue weighted by atomic mass is 35.5. The van der Waals surface area contributed by atoms with E-state index in [1.807, 2.05) is 26.0 Å². The van der Waals surface area contributed by atoms with Gasteiger partial charge in [-0.3, -0.25) is 4.79 Å². The van der Waals surface area contributed by atoms with Gasteiger partial charge in [0.2, 0.25) is 10.0 Å². The minimum absolute atomic E-state index is 0.0263. The summed E-state index contributed by atoms with van der Waals surface area (Å²) in [5, 5.41) is 1.02. The third-order valence-electron chi connectivity index (χ3n) is 5.77. The molecule has 0 unspecified atom stereocenters. The van der Waals surface area contributed by atoms with Crippen LogP contribution in [-0.4, -0.2) is 37.0 Å². The summed E-state index contributed by atoms with van der Waals surface area (Å²) >= 11 is 6.21. The Morgan fingerprint density at radius 3 is 2.61 bits per heavy atom. The number of hydrogen-bond donors (Lipinski definition) is 1. The van der Waals surface area contributed by atoms with Crippen LogP contribution < -0.4 is 5.56 Å². The number of fused-ring (bicyclic) bond motifs is 1. The van der Waals surface area contributed by atoms with Gasteiger partial charge >= 0.3 is 0 Å². The third kappa shape index (κ3) is 4.55. The van der Waals surface area contributed by atoms with Crippen molar-refractivity contribution < 1.29 is 13.2 Å². The zero-order valence-corrected chi connectivity index (χ0v) is 19.1. The number of hydrogen-bond acceptors (Lipinski definition) is 4. The van der Waals surface area contributed by atoms with Gasteiger partial charge in [0.15, 0.2) is 0 Å². The maximum absolute atomic E-state index is 13.5. The van der Waals surface area contributed by atoms with E-state index in [-0.39, 0.29) is 34.7 Å². The Kier molecular flexibility index (Phi) is 6.21. The molecule has 0 aliphatic carbocycles. The van der Waals surface area contributed by atoms with Crippen LogP contribution in [0.25, 0.3) is 10.9 Å². The van der Waals surface area contributed by atoms with Gasteiger partial charge in [-0.1, -0.05) is 23.7 Å². The van der Waals surface area contributed by atoms with E-state index in [9.17, 15) is 13.2 Å². The first-order valence-corrected chi connectivity index (χ1v) is 12.1. The van der Waals surface area contributed by atoms with Crippen LogP contribution in [-0.2, 0) is 21.3 Å². The number of pyridine rings is 1. The van der Waals surface area contributed by atoms with Crippen LogP contribution in [0.1, 0.15) is 29.5 Å². The zero-order chi connectivity index (χ0) is 22.2. The molecular weight excluding hydrogens is 436 g/mol. The van der Waals surface area contributed by atoms with Crippen LogP contribution in [0, 0.1) is 13.8 Å². The maximum Gasteiger partial charge on any atom is 0.252 e. The predicted octanol–water partition coefficient (Wildman–Crippen LogP) is 4.17. The number of nitrogens with one attached hydrogen (secondary N) is 1. The Bertz CT molecular complexity index is 1280. The lowest BCUT2D eigenvalue weighted by Gasteiger charge is -2.25. The average Bonchev–Trinajstić information content (AvgIpc) is 3.23. The molecule has 1 N–H and O–H groups in total. The standard InChI is InChI=1S/C23H25ClN2O4S/c1-15-10-17-12-18(23(27)25-21(17)11-16(15)2)13-26(14-19-6-5-9-30-19)31(28,29)22-8-4-3-7-20(22)24/h3-4,7-8,10-12,19H,5-6,9,13-14H2,1-2H3,(H,25,27)/t19-/m1/s1. The van der Waals surface area contributed by atoms with E-state index in [1.165, 1.54) is 10.4 Å². The van der Waals surface area contributed by atoms with Crippen molar-refractivity contribution in [1.82, 2.24) is 9.29 Å². The van der Waals surface area contributed by atoms with Gasteiger partial charge in [-0.15, -0.1) is 0 Å². The van der Waals surface area contributed by atoms with E-state index >= 15 is 0 Å². The normalized spacial score (nSPS) is 17.0. The van der Waals surface area contributed by atoms with Gasteiger partial charge in [0.1, 0.15) is 4.90 Å². The Hall–Kier alpha value is -2.19. The Balaban J connectivity index is 1.76. The molecule has 4 rings (SSSR count). The molecule has 0 bridgehead atoms. The van der Waals surface area contributed by atoms with Crippen LogP contribution in [0.15, 0.2) is 52.2 Å². The van der Waals surface area contributed by atoms with Crippen LogP contribution in [0.2, 0.25) is 5.02 Å². The van der Waals surface area contributed by atoms with E-state index in [2.05, 4.69) is 4.98 Å². The second kappa shape index (κ2) is 8.74. The molecular formula is C23H25ClN2O4S. The van der Waals surface area contributed by atoms with E-state index < -0.39 is 10.0 Å². The lowest BCUT2D eigenvalue weighted by molar-refractivity contribution is 0.0925. The fourth-order valence-corrected chi connectivity index (χ4v) is 5.83. The highest BCUT2D eigenvalue weighted by molar-refractivity contribution is 7.89. The number of nitrogens with zero attached hydrogens (tertiary/aromatic N) is 1. The van der Waals surface area contributed by atoms with Gasteiger partial charge < -0.3 is 9.72 Å². The Morgan fingerprint density at radius 1 is 1.16 bits per heavy atom. The average molecular weight is 461 g/mol. The molecule has 8 heteroatoms. The minimum Gasteiger partial charge on any atom is -0.377 e. The van der Waals surface area contributed by atoms with Crippen LogP contribution in [0.5, 0.6) is 0 Å². The van der Waals surface area contributed by atoms with Crippen LogP contribution in [0.4, 0.5) is 0 Å². The zero-order valence-electron chi connectivity index (χ0n) is 17.5. The molecule has 6 nitrogen and oxygen atoms in total. The molecule has 1 aliphatic heterocycles. The van der Waals surface area contributed by atoms with Gasteiger partial charge in [-0.05, 0) is 73.5 Å². The van der Waals surface area contributed by atoms with Crippen LogP contribution in [0.3, 0.4) is 0 Å². The summed E-state index contributed by atoms with van der Waals surface area (Å²) in [4.78, 5) is 15.7. The van der Waals surface area contributed by atoms with Crippen molar-refractivity contribution in [2.24, 2.45) is 0 Å². The molecule has 1 saturated heterocycles. The summed E-state index contributed by atoms with van der Waals surface area (Å²) in [6.45, 7) is 4.70. The van der Waals surface area contributed by atoms with Crippen molar-refractivity contribution in [3.8, 4) is 0 Å². The second-order valence-electron chi connectivity index (χ2n) is 8.01. The summed E-state index contributed by atoms with van der Waals surface area (Å²) in [6.07, 6.45) is 1.46. The van der Waals surface area contributed by atoms with Gasteiger partial charge in [0.25, 0.3) is 5.56 Å². The topological polar surface area (TPSA) is 79.5 Å². The van der Waals surface area contributed by atoms with Crippen molar-refractivity contribution in [1.29, 1.82) is 0 Å². The lowest BCUT2D eigenvalue weighted by atomic mass is 10.0. The highest BCUT2D eigenvalue weighted by Gasteiger charge is 2.31. The Morgan fingerprint density at radius 2 is 1.90 bits per heavy atom. The number of aromatic nitrogens is 1. The quantitative estimate of drug-likeness (QED) is 0.598. The van der Waals surface area contributed by atoms with E-state index in [1.54, 1.807) is 24.3 Å². The summed E-state index contributed by atoms with van der Waals surface area (Å²) < 4.78 is 34.0. The molecule has 164 valence electrons. The van der Waals surface area contributed by atoms with Gasteiger partial charge in [-0.2, -0.15) is 4.31 Å². The van der Waals surface area contributed by atoms with Crippen molar-refractivity contribution in [2.45, 2.75) is 44.2 Å². The molecule has 0 spiro atoms. The summed E-state index contributed by atoms with van der Waals surface area (Å²) in [5.74, 6) is 0. The Labute approximate surface area is 186 Å². The van der Waals surface area contributed by atoms with E-state index in [4.69, 9.17) is 16.3 Å². The van der Waals surface area contributed by atoms with E-state index in [0.29, 0.717) is 12.2 Å². The number of halogens is 1. The fourth-order valence-electron chi connectivity index (χ4n) is 3.89. The van der Waals surface area contributed by atoms with Gasteiger partial charge in [0.05, 0.1) is 11.1 Å². The summed E-state index contributed by atoms with van der Waals surface area (Å²) in [6, 6.07) is 12.0. The SMILES string of the molecule is Cc1cc2cc(CN(C[C@H]3CCCO3)S(=O)(=O)c3ccccc3Cl)c(=O)[nH]c2cc1C. The number of ether oxygens (including phenoxy) is 1. The number of benzene rings is 2. The number of sulfonamides is 1. The highest BCUT2D eigenvalue weighted by Crippen LogP contribution is 2.27. The molecule has 1 aromatic heterocycles. The monoisotopic (exact) mass is 460 g/mol. The number of aromatic amines is 1. The molecule has 1 aliphatic rings. The first kappa shape index (κ1) is 22.0. The lowest BCUT2D eigenvalue weighted by Crippen LogP contribution is -2.38. The maximum atomic E-state index is 13.5. The predicted molar refractivity (Wildman–Crippen MR) is 122 cm³/mol. The molecule has 0 saturated carbocycles. The van der Waals surface area contributed by atoms with Crippen molar-refractivity contribution in [3.05, 3.63) is 74.5 Å². The molecule has 1 atom stereocenters. The molecule has 1 fully saturated rings. The smallest absolute Gasteiger partial charge is 0.252 e. The first-order chi connectivity index (χ1) is 14.8. The van der Waals surface area contributed by atoms with Gasteiger partial charge in [0, 0.05) is 30.8 Å². The minimum atomic E-state index is -3.93. The molecule has 0 amide bonds. The largest absolute Gasteiger partial charge is 0.377 e. The molecule has 31 heavy (non-hydrogen) atoms. The third-order valence-corrected chi connectivity index (χ3v) is 8.08. The molecule has 3 aromatic rings. The number of rotatable bonds is 6. The molecule has 2 aromatic carbocycles. The van der Waals surface area contributed by atoms with Crippen molar-refractivity contribution in [2.75, 3.05) is 13.2 Å². The summed E-state index contributed by atoms with van der Waals surface area (Å²) in [5.41, 5.74) is 2.99. The second-order valence-corrected chi connectivity index (χ2v) is 10.3. The van der Waals surface area contributed by atoms with Crippen LogP contribution >= 0.6 is 11.6 Å².